The largest absolute Gasteiger partial charge is 0.416 e. The first-order valence-electron chi connectivity index (χ1n) is 7.49. The summed E-state index contributed by atoms with van der Waals surface area (Å²) in [6.45, 7) is 7.32. The molecule has 2 aromatic rings. The molecule has 130 valence electrons. The number of hydrogen-bond acceptors (Lipinski definition) is 4. The number of halogens is 4. The minimum absolute atomic E-state index is 0.114. The molecule has 0 aliphatic carbocycles. The molecule has 1 N–H and O–H groups in total. The second-order valence-electron chi connectivity index (χ2n) is 5.18. The van der Waals surface area contributed by atoms with E-state index in [0.29, 0.717) is 11.5 Å². The molecular formula is C16H18ClF3N4. The predicted octanol–water partition coefficient (Wildman–Crippen LogP) is 5.05. The van der Waals surface area contributed by atoms with Crippen LogP contribution in [-0.2, 0) is 6.18 Å². The molecule has 1 aromatic heterocycles. The van der Waals surface area contributed by atoms with Gasteiger partial charge in [-0.2, -0.15) is 18.2 Å². The summed E-state index contributed by atoms with van der Waals surface area (Å²) in [6, 6.07) is 4.91. The third kappa shape index (κ3) is 4.29. The van der Waals surface area contributed by atoms with Crippen LogP contribution in [0.4, 0.5) is 30.6 Å². The van der Waals surface area contributed by atoms with Crippen LogP contribution in [0.15, 0.2) is 24.3 Å². The third-order valence-corrected chi connectivity index (χ3v) is 3.80. The molecule has 0 spiro atoms. The van der Waals surface area contributed by atoms with Gasteiger partial charge in [0.25, 0.3) is 0 Å². The highest BCUT2D eigenvalue weighted by Crippen LogP contribution is 2.34. The summed E-state index contributed by atoms with van der Waals surface area (Å²) in [7, 11) is 0. The van der Waals surface area contributed by atoms with Gasteiger partial charge in [0.1, 0.15) is 5.82 Å². The van der Waals surface area contributed by atoms with E-state index in [1.807, 2.05) is 24.8 Å². The molecule has 24 heavy (non-hydrogen) atoms. The first-order chi connectivity index (χ1) is 11.2. The maximum absolute atomic E-state index is 12.9. The van der Waals surface area contributed by atoms with Crippen molar-refractivity contribution >= 4 is 29.1 Å². The number of nitrogens with zero attached hydrogens (tertiary/aromatic N) is 3. The molecule has 0 fully saturated rings. The second-order valence-corrected chi connectivity index (χ2v) is 5.59. The van der Waals surface area contributed by atoms with Gasteiger partial charge in [0, 0.05) is 24.8 Å². The molecule has 8 heteroatoms. The lowest BCUT2D eigenvalue weighted by atomic mass is 10.2. The Morgan fingerprint density at radius 3 is 2.38 bits per heavy atom. The van der Waals surface area contributed by atoms with Crippen LogP contribution in [-0.4, -0.2) is 23.1 Å². The monoisotopic (exact) mass is 358 g/mol. The Bertz CT molecular complexity index is 715. The van der Waals surface area contributed by atoms with E-state index < -0.39 is 11.7 Å². The molecule has 0 radical (unpaired) electrons. The molecule has 1 heterocycles. The van der Waals surface area contributed by atoms with Crippen LogP contribution in [0.25, 0.3) is 0 Å². The molecule has 0 aliphatic heterocycles. The van der Waals surface area contributed by atoms with E-state index in [4.69, 9.17) is 11.6 Å². The maximum Gasteiger partial charge on any atom is 0.416 e. The minimum Gasteiger partial charge on any atom is -0.357 e. The summed E-state index contributed by atoms with van der Waals surface area (Å²) < 4.78 is 38.6. The summed E-state index contributed by atoms with van der Waals surface area (Å²) >= 11 is 6.00. The Labute approximate surface area is 143 Å². The molecule has 4 nitrogen and oxygen atoms in total. The van der Waals surface area contributed by atoms with E-state index in [1.165, 1.54) is 6.07 Å². The van der Waals surface area contributed by atoms with Crippen molar-refractivity contribution in [3.05, 3.63) is 40.5 Å². The zero-order valence-corrected chi connectivity index (χ0v) is 14.3. The van der Waals surface area contributed by atoms with Crippen LogP contribution < -0.4 is 10.2 Å². The molecule has 0 saturated heterocycles. The van der Waals surface area contributed by atoms with Crippen molar-refractivity contribution in [1.29, 1.82) is 0 Å². The fraction of sp³-hybridized carbons (Fsp3) is 0.375. The average Bonchev–Trinajstić information content (AvgIpc) is 2.49. The van der Waals surface area contributed by atoms with Crippen molar-refractivity contribution in [3.8, 4) is 0 Å². The predicted molar refractivity (Wildman–Crippen MR) is 90.1 cm³/mol. The highest BCUT2D eigenvalue weighted by molar-refractivity contribution is 6.33. The Hall–Kier alpha value is -2.02. The zero-order chi connectivity index (χ0) is 17.9. The Morgan fingerprint density at radius 2 is 1.79 bits per heavy atom. The summed E-state index contributed by atoms with van der Waals surface area (Å²) in [5.41, 5.74) is 0.0334. The minimum atomic E-state index is -4.44. The number of alkyl halides is 3. The molecule has 1 aromatic carbocycles. The number of anilines is 3. The van der Waals surface area contributed by atoms with Gasteiger partial charge in [-0.1, -0.05) is 11.6 Å². The molecule has 0 unspecified atom stereocenters. The quantitative estimate of drug-likeness (QED) is 0.812. The van der Waals surface area contributed by atoms with Gasteiger partial charge in [-0.3, -0.25) is 0 Å². The lowest BCUT2D eigenvalue weighted by Gasteiger charge is -2.21. The highest BCUT2D eigenvalue weighted by atomic mass is 35.5. The second kappa shape index (κ2) is 7.25. The van der Waals surface area contributed by atoms with Crippen LogP contribution in [0, 0.1) is 6.92 Å². The molecule has 0 saturated carbocycles. The number of hydrogen-bond donors (Lipinski definition) is 1. The molecule has 0 amide bonds. The Morgan fingerprint density at radius 1 is 1.12 bits per heavy atom. The molecule has 2 rings (SSSR count). The van der Waals surface area contributed by atoms with E-state index in [2.05, 4.69) is 15.3 Å². The van der Waals surface area contributed by atoms with E-state index in [-0.39, 0.29) is 16.7 Å². The molecule has 0 bridgehead atoms. The molecule has 0 atom stereocenters. The number of benzene rings is 1. The van der Waals surface area contributed by atoms with Gasteiger partial charge in [0.15, 0.2) is 0 Å². The van der Waals surface area contributed by atoms with Gasteiger partial charge in [0.05, 0.1) is 16.3 Å². The normalized spacial score (nSPS) is 11.5. The first-order valence-corrected chi connectivity index (χ1v) is 7.86. The fourth-order valence-electron chi connectivity index (χ4n) is 2.24. The van der Waals surface area contributed by atoms with Gasteiger partial charge in [0.2, 0.25) is 5.95 Å². The lowest BCUT2D eigenvalue weighted by molar-refractivity contribution is -0.137. The summed E-state index contributed by atoms with van der Waals surface area (Å²) in [5, 5.41) is 2.95. The highest BCUT2D eigenvalue weighted by Gasteiger charge is 2.31. The van der Waals surface area contributed by atoms with Gasteiger partial charge < -0.3 is 10.2 Å². The SMILES string of the molecule is CCN(CC)c1cc(C)nc(Nc2cc(C(F)(F)F)ccc2Cl)n1. The third-order valence-electron chi connectivity index (χ3n) is 3.47. The summed E-state index contributed by atoms with van der Waals surface area (Å²) in [6.07, 6.45) is -4.44. The maximum atomic E-state index is 12.9. The smallest absolute Gasteiger partial charge is 0.357 e. The van der Waals surface area contributed by atoms with Crippen molar-refractivity contribution in [3.63, 3.8) is 0 Å². The topological polar surface area (TPSA) is 41.1 Å². The molecule has 0 aliphatic rings. The van der Waals surface area contributed by atoms with Crippen molar-refractivity contribution in [2.24, 2.45) is 0 Å². The van der Waals surface area contributed by atoms with Crippen LogP contribution in [0.5, 0.6) is 0 Å². The summed E-state index contributed by atoms with van der Waals surface area (Å²) in [4.78, 5) is 10.6. The number of rotatable bonds is 5. The van der Waals surface area contributed by atoms with Crippen molar-refractivity contribution in [2.75, 3.05) is 23.3 Å². The van der Waals surface area contributed by atoms with Crippen LogP contribution in [0.2, 0.25) is 5.02 Å². The van der Waals surface area contributed by atoms with E-state index >= 15 is 0 Å². The van der Waals surface area contributed by atoms with Crippen molar-refractivity contribution in [2.45, 2.75) is 26.9 Å². The van der Waals surface area contributed by atoms with E-state index in [9.17, 15) is 13.2 Å². The number of aromatic nitrogens is 2. The first kappa shape index (κ1) is 18.3. The number of nitrogens with one attached hydrogen (secondary N) is 1. The van der Waals surface area contributed by atoms with E-state index in [0.717, 1.165) is 25.2 Å². The van der Waals surface area contributed by atoms with Crippen LogP contribution in [0.1, 0.15) is 25.1 Å². The Kier molecular flexibility index (Phi) is 5.54. The van der Waals surface area contributed by atoms with Crippen molar-refractivity contribution in [1.82, 2.24) is 9.97 Å². The average molecular weight is 359 g/mol. The number of aryl methyl sites for hydroxylation is 1. The molecular weight excluding hydrogens is 341 g/mol. The van der Waals surface area contributed by atoms with Gasteiger partial charge >= 0.3 is 6.18 Å². The Balaban J connectivity index is 2.38. The van der Waals surface area contributed by atoms with Gasteiger partial charge in [-0.15, -0.1) is 0 Å². The fourth-order valence-corrected chi connectivity index (χ4v) is 2.40. The van der Waals surface area contributed by atoms with Gasteiger partial charge in [-0.05, 0) is 39.0 Å². The van der Waals surface area contributed by atoms with Crippen LogP contribution in [0.3, 0.4) is 0 Å². The van der Waals surface area contributed by atoms with Crippen molar-refractivity contribution < 1.29 is 13.2 Å². The van der Waals surface area contributed by atoms with Crippen LogP contribution >= 0.6 is 11.6 Å². The van der Waals surface area contributed by atoms with E-state index in [1.54, 1.807) is 6.92 Å². The lowest BCUT2D eigenvalue weighted by Crippen LogP contribution is -2.23. The van der Waals surface area contributed by atoms with Gasteiger partial charge in [-0.25, -0.2) is 4.98 Å². The standard InChI is InChI=1S/C16H18ClF3N4/c1-4-24(5-2)14-8-10(3)21-15(23-14)22-13-9-11(16(18,19)20)6-7-12(13)17/h6-9H,4-5H2,1-3H3,(H,21,22,23). The summed E-state index contributed by atoms with van der Waals surface area (Å²) in [5.74, 6) is 0.913. The zero-order valence-electron chi connectivity index (χ0n) is 13.6.